The van der Waals surface area contributed by atoms with Gasteiger partial charge in [-0.15, -0.1) is 0 Å². The van der Waals surface area contributed by atoms with E-state index in [1.807, 2.05) is 6.26 Å². The van der Waals surface area contributed by atoms with Gasteiger partial charge in [-0.25, -0.2) is 4.98 Å². The maximum atomic E-state index is 8.88. The first-order valence-corrected chi connectivity index (χ1v) is 6.37. The number of aromatic nitrogens is 2. The molecule has 0 amide bonds. The highest BCUT2D eigenvalue weighted by atomic mass is 35.5. The van der Waals surface area contributed by atoms with Crippen molar-refractivity contribution in [3.8, 4) is 0 Å². The van der Waals surface area contributed by atoms with E-state index in [-0.39, 0.29) is 12.6 Å². The van der Waals surface area contributed by atoms with Crippen molar-refractivity contribution in [2.45, 2.75) is 12.5 Å². The number of nitrogens with one attached hydrogen (secondary N) is 1. The van der Waals surface area contributed by atoms with Crippen LogP contribution >= 0.6 is 23.4 Å². The summed E-state index contributed by atoms with van der Waals surface area (Å²) < 4.78 is 0. The van der Waals surface area contributed by atoms with Gasteiger partial charge < -0.3 is 10.4 Å². The summed E-state index contributed by atoms with van der Waals surface area (Å²) in [4.78, 5) is 8.01. The number of halogens is 1. The molecule has 1 heterocycles. The molecule has 15 heavy (non-hydrogen) atoms. The molecule has 0 aromatic carbocycles. The van der Waals surface area contributed by atoms with Crippen molar-refractivity contribution in [3.05, 3.63) is 17.5 Å². The highest BCUT2D eigenvalue weighted by molar-refractivity contribution is 7.98. The van der Waals surface area contributed by atoms with Gasteiger partial charge >= 0.3 is 0 Å². The average molecular weight is 248 g/mol. The zero-order chi connectivity index (χ0) is 11.1. The molecule has 0 aliphatic heterocycles. The molecule has 1 rings (SSSR count). The zero-order valence-electron chi connectivity index (χ0n) is 8.48. The highest BCUT2D eigenvalue weighted by Gasteiger charge is 2.08. The van der Waals surface area contributed by atoms with Crippen LogP contribution in [0.4, 0.5) is 5.82 Å². The molecule has 0 radical (unpaired) electrons. The Morgan fingerprint density at radius 3 is 3.00 bits per heavy atom. The van der Waals surface area contributed by atoms with Crippen molar-refractivity contribution in [1.29, 1.82) is 0 Å². The molecule has 0 aliphatic carbocycles. The van der Waals surface area contributed by atoms with Crippen LogP contribution in [0.1, 0.15) is 6.42 Å². The Morgan fingerprint density at radius 2 is 2.40 bits per heavy atom. The Morgan fingerprint density at radius 1 is 1.60 bits per heavy atom. The van der Waals surface area contributed by atoms with Gasteiger partial charge in [-0.1, -0.05) is 11.6 Å². The number of hydrogen-bond acceptors (Lipinski definition) is 5. The van der Waals surface area contributed by atoms with Gasteiger partial charge in [0.1, 0.15) is 11.0 Å². The second kappa shape index (κ2) is 6.87. The number of aliphatic hydroxyl groups excluding tert-OH is 1. The van der Waals surface area contributed by atoms with Crippen LogP contribution in [0.25, 0.3) is 0 Å². The summed E-state index contributed by atoms with van der Waals surface area (Å²) in [5, 5.41) is 12.4. The number of hydrogen-bond donors (Lipinski definition) is 2. The van der Waals surface area contributed by atoms with Gasteiger partial charge in [0.15, 0.2) is 0 Å². The molecule has 4 nitrogen and oxygen atoms in total. The third-order valence-electron chi connectivity index (χ3n) is 1.80. The van der Waals surface area contributed by atoms with Crippen molar-refractivity contribution in [2.75, 3.05) is 23.9 Å². The summed E-state index contributed by atoms with van der Waals surface area (Å²) in [6.07, 6.45) is 5.82. The Bertz CT molecular complexity index is 294. The van der Waals surface area contributed by atoms with Crippen LogP contribution < -0.4 is 5.32 Å². The van der Waals surface area contributed by atoms with E-state index < -0.39 is 0 Å². The summed E-state index contributed by atoms with van der Waals surface area (Å²) in [6.45, 7) is 0.159. The van der Waals surface area contributed by atoms with Crippen LogP contribution in [0.5, 0.6) is 0 Å². The Labute approximate surface area is 98.5 Å². The van der Waals surface area contributed by atoms with Gasteiger partial charge in [0.25, 0.3) is 0 Å². The van der Waals surface area contributed by atoms with Crippen molar-refractivity contribution in [1.82, 2.24) is 9.97 Å². The SMILES string of the molecule is CSC[C@@H](CCO)Nc1cncc(Cl)n1. The maximum absolute atomic E-state index is 8.88. The summed E-state index contributed by atoms with van der Waals surface area (Å²) in [5.74, 6) is 1.56. The van der Waals surface area contributed by atoms with E-state index in [1.54, 1.807) is 18.0 Å². The quantitative estimate of drug-likeness (QED) is 0.801. The molecule has 0 saturated heterocycles. The largest absolute Gasteiger partial charge is 0.396 e. The van der Waals surface area contributed by atoms with E-state index in [9.17, 15) is 0 Å². The van der Waals surface area contributed by atoms with Gasteiger partial charge in [0.2, 0.25) is 0 Å². The lowest BCUT2D eigenvalue weighted by atomic mass is 10.2. The monoisotopic (exact) mass is 247 g/mol. The predicted octanol–water partition coefficient (Wildman–Crippen LogP) is 1.66. The minimum atomic E-state index is 0.159. The maximum Gasteiger partial charge on any atom is 0.149 e. The third-order valence-corrected chi connectivity index (χ3v) is 2.72. The van der Waals surface area contributed by atoms with E-state index in [4.69, 9.17) is 16.7 Å². The lowest BCUT2D eigenvalue weighted by Crippen LogP contribution is -2.24. The first-order valence-electron chi connectivity index (χ1n) is 4.60. The normalized spacial score (nSPS) is 12.5. The fourth-order valence-electron chi connectivity index (χ4n) is 1.18. The van der Waals surface area contributed by atoms with E-state index in [0.717, 1.165) is 5.75 Å². The standard InChI is InChI=1S/C9H14ClN3OS/c1-15-6-7(2-3-14)12-9-5-11-4-8(10)13-9/h4-5,7,14H,2-3,6H2,1H3,(H,12,13)/t7-/m1/s1. The fourth-order valence-corrected chi connectivity index (χ4v) is 1.97. The topological polar surface area (TPSA) is 58.0 Å². The molecule has 1 aromatic heterocycles. The molecule has 2 N–H and O–H groups in total. The second-order valence-electron chi connectivity index (χ2n) is 3.04. The van der Waals surface area contributed by atoms with Crippen LogP contribution in [0.2, 0.25) is 5.15 Å². The first-order chi connectivity index (χ1) is 7.26. The molecule has 1 aromatic rings. The lowest BCUT2D eigenvalue weighted by molar-refractivity contribution is 0.282. The van der Waals surface area contributed by atoms with Crippen LogP contribution in [0.3, 0.4) is 0 Å². The van der Waals surface area contributed by atoms with Crippen molar-refractivity contribution < 1.29 is 5.11 Å². The molecule has 84 valence electrons. The number of nitrogens with zero attached hydrogens (tertiary/aromatic N) is 2. The lowest BCUT2D eigenvalue weighted by Gasteiger charge is -2.16. The van der Waals surface area contributed by atoms with Crippen molar-refractivity contribution >= 4 is 29.2 Å². The van der Waals surface area contributed by atoms with Gasteiger partial charge in [-0.05, 0) is 12.7 Å². The summed E-state index contributed by atoms with van der Waals surface area (Å²) in [6, 6.07) is 0.192. The van der Waals surface area contributed by atoms with Crippen molar-refractivity contribution in [2.24, 2.45) is 0 Å². The second-order valence-corrected chi connectivity index (χ2v) is 4.33. The van der Waals surface area contributed by atoms with Crippen LogP contribution in [-0.2, 0) is 0 Å². The van der Waals surface area contributed by atoms with Crippen LogP contribution in [0, 0.1) is 0 Å². The Hall–Kier alpha value is -0.520. The smallest absolute Gasteiger partial charge is 0.149 e. The summed E-state index contributed by atoms with van der Waals surface area (Å²) in [7, 11) is 0. The molecule has 0 spiro atoms. The molecule has 0 fully saturated rings. The van der Waals surface area contributed by atoms with Gasteiger partial charge in [-0.2, -0.15) is 11.8 Å². The first kappa shape index (κ1) is 12.5. The Kier molecular flexibility index (Phi) is 5.75. The van der Waals surface area contributed by atoms with Gasteiger partial charge in [0.05, 0.1) is 12.4 Å². The van der Waals surface area contributed by atoms with E-state index in [2.05, 4.69) is 15.3 Å². The minimum absolute atomic E-state index is 0.159. The number of rotatable bonds is 6. The predicted molar refractivity (Wildman–Crippen MR) is 64.5 cm³/mol. The van der Waals surface area contributed by atoms with Gasteiger partial charge in [-0.3, -0.25) is 4.98 Å². The average Bonchev–Trinajstić information content (AvgIpc) is 2.18. The molecular formula is C9H14ClN3OS. The Balaban J connectivity index is 2.56. The van der Waals surface area contributed by atoms with Gasteiger partial charge in [0, 0.05) is 18.4 Å². The molecule has 0 aliphatic rings. The fraction of sp³-hybridized carbons (Fsp3) is 0.556. The van der Waals surface area contributed by atoms with Crippen LogP contribution in [-0.4, -0.2) is 39.7 Å². The third kappa shape index (κ3) is 4.68. The molecule has 0 bridgehead atoms. The zero-order valence-corrected chi connectivity index (χ0v) is 10.1. The molecule has 0 unspecified atom stereocenters. The minimum Gasteiger partial charge on any atom is -0.396 e. The highest BCUT2D eigenvalue weighted by Crippen LogP contribution is 2.11. The molecule has 6 heteroatoms. The molecule has 1 atom stereocenters. The summed E-state index contributed by atoms with van der Waals surface area (Å²) in [5.41, 5.74) is 0. The van der Waals surface area contributed by atoms with E-state index >= 15 is 0 Å². The molecule has 0 saturated carbocycles. The number of aliphatic hydroxyl groups is 1. The summed E-state index contributed by atoms with van der Waals surface area (Å²) >= 11 is 7.43. The van der Waals surface area contributed by atoms with E-state index in [0.29, 0.717) is 17.4 Å². The van der Waals surface area contributed by atoms with Crippen LogP contribution in [0.15, 0.2) is 12.4 Å². The number of thioether (sulfide) groups is 1. The number of anilines is 1. The van der Waals surface area contributed by atoms with E-state index in [1.165, 1.54) is 6.20 Å². The van der Waals surface area contributed by atoms with Crippen molar-refractivity contribution in [3.63, 3.8) is 0 Å². The molecular weight excluding hydrogens is 234 g/mol.